The molecule has 7 heteroatoms. The number of carbonyl (C=O) groups is 1. The van der Waals surface area contributed by atoms with Crippen LogP contribution in [0.3, 0.4) is 0 Å². The summed E-state index contributed by atoms with van der Waals surface area (Å²) in [5.41, 5.74) is 1.03. The van der Waals surface area contributed by atoms with Crippen LogP contribution in [0.5, 0.6) is 0 Å². The molecule has 1 amide bonds. The van der Waals surface area contributed by atoms with Gasteiger partial charge in [-0.2, -0.15) is 0 Å². The van der Waals surface area contributed by atoms with Gasteiger partial charge in [-0.25, -0.2) is 15.0 Å². The molecule has 0 aromatic carbocycles. The molecule has 0 saturated heterocycles. The molecule has 0 spiro atoms. The minimum Gasteiger partial charge on any atom is -0.321 e. The topological polar surface area (TPSA) is 72.7 Å². The highest BCUT2D eigenvalue weighted by Crippen LogP contribution is 2.13. The van der Waals surface area contributed by atoms with Gasteiger partial charge in [-0.05, 0) is 31.2 Å². The number of amides is 1. The number of anilines is 1. The van der Waals surface area contributed by atoms with Gasteiger partial charge in [0, 0.05) is 18.6 Å². The van der Waals surface area contributed by atoms with Gasteiger partial charge in [-0.15, -0.1) is 0 Å². The van der Waals surface area contributed by atoms with E-state index in [4.69, 9.17) is 11.6 Å². The van der Waals surface area contributed by atoms with E-state index in [-0.39, 0.29) is 5.91 Å². The van der Waals surface area contributed by atoms with Crippen molar-refractivity contribution in [1.82, 2.24) is 19.5 Å². The van der Waals surface area contributed by atoms with Crippen molar-refractivity contribution in [3.63, 3.8) is 0 Å². The third-order valence-corrected chi connectivity index (χ3v) is 3.29. The Bertz CT molecular complexity index is 796. The summed E-state index contributed by atoms with van der Waals surface area (Å²) in [6.45, 7) is 1.89. The largest absolute Gasteiger partial charge is 0.321 e. The number of halogens is 1. The quantitative estimate of drug-likeness (QED) is 0.755. The summed E-state index contributed by atoms with van der Waals surface area (Å²) < 4.78 is 1.86. The van der Waals surface area contributed by atoms with Crippen LogP contribution in [0.25, 0.3) is 5.82 Å². The van der Waals surface area contributed by atoms with Crippen LogP contribution in [0.1, 0.15) is 16.2 Å². The first-order valence-corrected chi connectivity index (χ1v) is 6.90. The lowest BCUT2D eigenvalue weighted by molar-refractivity contribution is 0.102. The van der Waals surface area contributed by atoms with Crippen molar-refractivity contribution in [2.75, 3.05) is 5.32 Å². The van der Waals surface area contributed by atoms with E-state index >= 15 is 0 Å². The van der Waals surface area contributed by atoms with Gasteiger partial charge in [-0.1, -0.05) is 11.6 Å². The number of hydrogen-bond acceptors (Lipinski definition) is 4. The minimum atomic E-state index is -0.266. The summed E-state index contributed by atoms with van der Waals surface area (Å²) in [5.74, 6) is 1.32. The van der Waals surface area contributed by atoms with Crippen molar-refractivity contribution < 1.29 is 4.79 Å². The Morgan fingerprint density at radius 2 is 2.00 bits per heavy atom. The minimum absolute atomic E-state index is 0.266. The highest BCUT2D eigenvalue weighted by molar-refractivity contribution is 6.29. The van der Waals surface area contributed by atoms with Gasteiger partial charge in [0.1, 0.15) is 16.8 Å². The van der Waals surface area contributed by atoms with Crippen molar-refractivity contribution in [2.45, 2.75) is 6.92 Å². The van der Waals surface area contributed by atoms with Crippen LogP contribution < -0.4 is 5.32 Å². The van der Waals surface area contributed by atoms with Crippen LogP contribution in [-0.2, 0) is 0 Å². The zero-order chi connectivity index (χ0) is 15.5. The van der Waals surface area contributed by atoms with Crippen LogP contribution in [0.15, 0.2) is 49.1 Å². The van der Waals surface area contributed by atoms with Gasteiger partial charge in [0.2, 0.25) is 0 Å². The molecule has 0 bridgehead atoms. The fraction of sp³-hybridized carbons (Fsp3) is 0.0667. The van der Waals surface area contributed by atoms with Crippen molar-refractivity contribution in [1.29, 1.82) is 0 Å². The second kappa shape index (κ2) is 5.95. The maximum absolute atomic E-state index is 12.1. The number of aryl methyl sites for hydroxylation is 1. The molecule has 110 valence electrons. The second-order valence-electron chi connectivity index (χ2n) is 4.57. The first-order valence-electron chi connectivity index (χ1n) is 6.53. The molecule has 3 rings (SSSR count). The maximum atomic E-state index is 12.1. The number of carbonyl (C=O) groups excluding carboxylic acids is 1. The van der Waals surface area contributed by atoms with Gasteiger partial charge in [-0.3, -0.25) is 9.36 Å². The Balaban J connectivity index is 1.75. The van der Waals surface area contributed by atoms with Crippen LogP contribution in [-0.4, -0.2) is 25.4 Å². The summed E-state index contributed by atoms with van der Waals surface area (Å²) in [4.78, 5) is 24.4. The van der Waals surface area contributed by atoms with Crippen LogP contribution >= 0.6 is 11.6 Å². The molecule has 0 unspecified atom stereocenters. The molecule has 3 heterocycles. The first-order chi connectivity index (χ1) is 10.6. The van der Waals surface area contributed by atoms with E-state index in [1.165, 1.54) is 6.20 Å². The first kappa shape index (κ1) is 14.2. The standard InChI is InChI=1S/C15H12ClN5O/c1-10-17-6-7-21(10)14-5-3-12(9-19-14)20-15(22)11-2-4-13(16)18-8-11/h2-9H,1H3,(H,20,22). The summed E-state index contributed by atoms with van der Waals surface area (Å²) in [6.07, 6.45) is 6.56. The van der Waals surface area contributed by atoms with Gasteiger partial charge in [0.15, 0.2) is 0 Å². The molecular weight excluding hydrogens is 302 g/mol. The Morgan fingerprint density at radius 3 is 2.59 bits per heavy atom. The van der Waals surface area contributed by atoms with Crippen molar-refractivity contribution >= 4 is 23.2 Å². The predicted octanol–water partition coefficient (Wildman–Crippen LogP) is 2.88. The molecule has 3 aromatic heterocycles. The monoisotopic (exact) mass is 313 g/mol. The molecule has 22 heavy (non-hydrogen) atoms. The van der Waals surface area contributed by atoms with Gasteiger partial charge in [0.25, 0.3) is 5.91 Å². The van der Waals surface area contributed by atoms with E-state index in [0.717, 1.165) is 11.6 Å². The summed E-state index contributed by atoms with van der Waals surface area (Å²) in [6, 6.07) is 6.77. The Morgan fingerprint density at radius 1 is 1.14 bits per heavy atom. The predicted molar refractivity (Wildman–Crippen MR) is 83.3 cm³/mol. The SMILES string of the molecule is Cc1nccn1-c1ccc(NC(=O)c2ccc(Cl)nc2)cn1. The molecule has 0 aliphatic rings. The Labute approximate surface area is 131 Å². The van der Waals surface area contributed by atoms with Crippen molar-refractivity contribution in [3.8, 4) is 5.82 Å². The average molecular weight is 314 g/mol. The second-order valence-corrected chi connectivity index (χ2v) is 4.96. The van der Waals surface area contributed by atoms with E-state index in [0.29, 0.717) is 16.4 Å². The third-order valence-electron chi connectivity index (χ3n) is 3.07. The van der Waals surface area contributed by atoms with Crippen molar-refractivity contribution in [2.24, 2.45) is 0 Å². The molecule has 0 aliphatic heterocycles. The lowest BCUT2D eigenvalue weighted by atomic mass is 10.2. The maximum Gasteiger partial charge on any atom is 0.257 e. The van der Waals surface area contributed by atoms with E-state index in [1.807, 2.05) is 23.8 Å². The number of imidazole rings is 1. The summed E-state index contributed by atoms with van der Waals surface area (Å²) >= 11 is 5.70. The molecule has 0 atom stereocenters. The van der Waals surface area contributed by atoms with Gasteiger partial charge < -0.3 is 5.32 Å². The Hall–Kier alpha value is -2.73. The highest BCUT2D eigenvalue weighted by Gasteiger charge is 2.07. The molecule has 0 aliphatic carbocycles. The van der Waals surface area contributed by atoms with Crippen LogP contribution in [0, 0.1) is 6.92 Å². The molecule has 6 nitrogen and oxygen atoms in total. The van der Waals surface area contributed by atoms with Crippen LogP contribution in [0.4, 0.5) is 5.69 Å². The summed E-state index contributed by atoms with van der Waals surface area (Å²) in [5, 5.41) is 3.10. The van der Waals surface area contributed by atoms with E-state index in [2.05, 4.69) is 20.3 Å². The number of nitrogens with zero attached hydrogens (tertiary/aromatic N) is 4. The Kier molecular flexibility index (Phi) is 3.84. The number of rotatable bonds is 3. The fourth-order valence-corrected chi connectivity index (χ4v) is 2.05. The van der Waals surface area contributed by atoms with E-state index in [1.54, 1.807) is 30.6 Å². The molecular formula is C15H12ClN5O. The normalized spacial score (nSPS) is 10.5. The fourth-order valence-electron chi connectivity index (χ4n) is 1.94. The molecule has 1 N–H and O–H groups in total. The number of pyridine rings is 2. The van der Waals surface area contributed by atoms with Crippen molar-refractivity contribution in [3.05, 3.63) is 65.6 Å². The lowest BCUT2D eigenvalue weighted by Gasteiger charge is -2.07. The van der Waals surface area contributed by atoms with Gasteiger partial charge in [0.05, 0.1) is 17.4 Å². The molecule has 0 radical (unpaired) electrons. The number of nitrogens with one attached hydrogen (secondary N) is 1. The molecule has 3 aromatic rings. The number of aromatic nitrogens is 4. The average Bonchev–Trinajstić information content (AvgIpc) is 2.95. The van der Waals surface area contributed by atoms with E-state index in [9.17, 15) is 4.79 Å². The smallest absolute Gasteiger partial charge is 0.257 e. The summed E-state index contributed by atoms with van der Waals surface area (Å²) in [7, 11) is 0. The zero-order valence-electron chi connectivity index (χ0n) is 11.7. The molecule has 0 saturated carbocycles. The third kappa shape index (κ3) is 2.96. The zero-order valence-corrected chi connectivity index (χ0v) is 12.4. The lowest BCUT2D eigenvalue weighted by Crippen LogP contribution is -2.12. The van der Waals surface area contributed by atoms with Crippen LogP contribution in [0.2, 0.25) is 5.15 Å². The number of hydrogen-bond donors (Lipinski definition) is 1. The molecule has 0 fully saturated rings. The van der Waals surface area contributed by atoms with Gasteiger partial charge >= 0.3 is 0 Å². The highest BCUT2D eigenvalue weighted by atomic mass is 35.5. The van der Waals surface area contributed by atoms with E-state index < -0.39 is 0 Å².